The first-order valence-electron chi connectivity index (χ1n) is 7.44. The molecule has 4 nitrogen and oxygen atoms in total. The van der Waals surface area contributed by atoms with Crippen LogP contribution in [0, 0.1) is 17.2 Å². The summed E-state index contributed by atoms with van der Waals surface area (Å²) in [5.41, 5.74) is 2.34. The van der Waals surface area contributed by atoms with Gasteiger partial charge in [0.25, 0.3) is 5.91 Å². The predicted octanol–water partition coefficient (Wildman–Crippen LogP) is 2.66. The van der Waals surface area contributed by atoms with Crippen molar-refractivity contribution in [2.45, 2.75) is 12.8 Å². The second-order valence-electron chi connectivity index (χ2n) is 5.66. The smallest absolute Gasteiger partial charge is 0.253 e. The molecule has 0 radical (unpaired) electrons. The number of aromatic nitrogens is 1. The van der Waals surface area contributed by atoms with Gasteiger partial charge in [0.15, 0.2) is 0 Å². The average Bonchev–Trinajstić information content (AvgIpc) is 3.03. The van der Waals surface area contributed by atoms with Crippen molar-refractivity contribution in [1.29, 1.82) is 5.26 Å². The fraction of sp³-hybridized carbons (Fsp3) is 0.278. The topological polar surface area (TPSA) is 57.0 Å². The Morgan fingerprint density at radius 2 is 2.27 bits per heavy atom. The summed E-state index contributed by atoms with van der Waals surface area (Å²) in [7, 11) is 0. The Kier molecular flexibility index (Phi) is 4.15. The first kappa shape index (κ1) is 14.3. The highest BCUT2D eigenvalue weighted by molar-refractivity contribution is 5.94. The van der Waals surface area contributed by atoms with Crippen LogP contribution in [0.2, 0.25) is 0 Å². The molecule has 1 atom stereocenters. The van der Waals surface area contributed by atoms with Gasteiger partial charge in [0.05, 0.1) is 11.6 Å². The molecule has 1 aromatic carbocycles. The third-order valence-electron chi connectivity index (χ3n) is 4.06. The van der Waals surface area contributed by atoms with Crippen LogP contribution in [0.1, 0.15) is 27.9 Å². The van der Waals surface area contributed by atoms with Crippen molar-refractivity contribution in [2.75, 3.05) is 13.1 Å². The van der Waals surface area contributed by atoms with Gasteiger partial charge in [-0.2, -0.15) is 5.26 Å². The molecule has 22 heavy (non-hydrogen) atoms. The van der Waals surface area contributed by atoms with E-state index < -0.39 is 0 Å². The van der Waals surface area contributed by atoms with E-state index in [9.17, 15) is 4.79 Å². The maximum atomic E-state index is 12.5. The third-order valence-corrected chi connectivity index (χ3v) is 4.06. The summed E-state index contributed by atoms with van der Waals surface area (Å²) in [6.45, 7) is 1.55. The summed E-state index contributed by atoms with van der Waals surface area (Å²) in [6.07, 6.45) is 5.63. The Balaban J connectivity index is 1.64. The number of carbonyl (C=O) groups is 1. The normalized spacial score (nSPS) is 17.2. The molecule has 2 heterocycles. The van der Waals surface area contributed by atoms with E-state index in [1.807, 2.05) is 17.2 Å². The lowest BCUT2D eigenvalue weighted by Crippen LogP contribution is -2.29. The fourth-order valence-corrected chi connectivity index (χ4v) is 2.94. The molecule has 0 saturated carbocycles. The number of benzene rings is 1. The van der Waals surface area contributed by atoms with Crippen molar-refractivity contribution >= 4 is 5.91 Å². The quantitative estimate of drug-likeness (QED) is 0.873. The minimum Gasteiger partial charge on any atom is -0.338 e. The molecular formula is C18H17N3O. The van der Waals surface area contributed by atoms with E-state index >= 15 is 0 Å². The van der Waals surface area contributed by atoms with Crippen molar-refractivity contribution in [3.05, 3.63) is 65.5 Å². The lowest BCUT2D eigenvalue weighted by molar-refractivity contribution is 0.0787. The molecule has 1 unspecified atom stereocenters. The second kappa shape index (κ2) is 6.40. The molecule has 1 saturated heterocycles. The van der Waals surface area contributed by atoms with Gasteiger partial charge in [-0.1, -0.05) is 12.1 Å². The van der Waals surface area contributed by atoms with Gasteiger partial charge < -0.3 is 4.90 Å². The van der Waals surface area contributed by atoms with Gasteiger partial charge in [0.1, 0.15) is 0 Å². The average molecular weight is 291 g/mol. The first-order valence-corrected chi connectivity index (χ1v) is 7.44. The third kappa shape index (κ3) is 3.15. The number of likely N-dealkylation sites (tertiary alicyclic amines) is 1. The highest BCUT2D eigenvalue weighted by atomic mass is 16.2. The van der Waals surface area contributed by atoms with E-state index in [4.69, 9.17) is 5.26 Å². The zero-order valence-corrected chi connectivity index (χ0v) is 12.3. The van der Waals surface area contributed by atoms with E-state index in [1.165, 1.54) is 5.56 Å². The molecule has 1 aliphatic rings. The molecule has 1 amide bonds. The van der Waals surface area contributed by atoms with Crippen molar-refractivity contribution < 1.29 is 4.79 Å². The lowest BCUT2D eigenvalue weighted by Gasteiger charge is -2.16. The minimum atomic E-state index is 0.0192. The van der Waals surface area contributed by atoms with Crippen LogP contribution in [-0.2, 0) is 6.42 Å². The van der Waals surface area contributed by atoms with E-state index in [0.29, 0.717) is 17.0 Å². The fourth-order valence-electron chi connectivity index (χ4n) is 2.94. The SMILES string of the molecule is N#Cc1cccc(C(=O)N2CCC(Cc3cccnc3)C2)c1. The Morgan fingerprint density at radius 3 is 3.05 bits per heavy atom. The van der Waals surface area contributed by atoms with Crippen molar-refractivity contribution in [3.63, 3.8) is 0 Å². The van der Waals surface area contributed by atoms with Gasteiger partial charge in [-0.3, -0.25) is 9.78 Å². The van der Waals surface area contributed by atoms with Crippen LogP contribution in [0.4, 0.5) is 0 Å². The maximum absolute atomic E-state index is 12.5. The summed E-state index contributed by atoms with van der Waals surface area (Å²) in [4.78, 5) is 18.5. The van der Waals surface area contributed by atoms with E-state index in [1.54, 1.807) is 30.5 Å². The monoisotopic (exact) mass is 291 g/mol. The van der Waals surface area contributed by atoms with Crippen molar-refractivity contribution in [3.8, 4) is 6.07 Å². The van der Waals surface area contributed by atoms with Gasteiger partial charge in [-0.15, -0.1) is 0 Å². The molecule has 0 spiro atoms. The van der Waals surface area contributed by atoms with Crippen LogP contribution in [-0.4, -0.2) is 28.9 Å². The number of carbonyl (C=O) groups excluding carboxylic acids is 1. The van der Waals surface area contributed by atoms with Gasteiger partial charge in [-0.25, -0.2) is 0 Å². The van der Waals surface area contributed by atoms with Crippen LogP contribution >= 0.6 is 0 Å². The minimum absolute atomic E-state index is 0.0192. The summed E-state index contributed by atoms with van der Waals surface area (Å²) in [5, 5.41) is 8.93. The Bertz CT molecular complexity index is 706. The number of rotatable bonds is 3. The van der Waals surface area contributed by atoms with Crippen LogP contribution in [0.3, 0.4) is 0 Å². The molecule has 1 aromatic heterocycles. The first-order chi connectivity index (χ1) is 10.8. The molecule has 110 valence electrons. The molecule has 3 rings (SSSR count). The van der Waals surface area contributed by atoms with Gasteiger partial charge >= 0.3 is 0 Å². The zero-order valence-electron chi connectivity index (χ0n) is 12.3. The molecule has 2 aromatic rings. The summed E-state index contributed by atoms with van der Waals surface area (Å²) < 4.78 is 0. The number of nitrogens with zero attached hydrogens (tertiary/aromatic N) is 3. The standard InChI is InChI=1S/C18H17N3O/c19-11-14-3-1-5-17(10-14)18(22)21-8-6-16(13-21)9-15-4-2-7-20-12-15/h1-5,7,10,12,16H,6,8-9,13H2. The Labute approximate surface area is 130 Å². The Hall–Kier alpha value is -2.67. The number of amides is 1. The lowest BCUT2D eigenvalue weighted by atomic mass is 10.00. The van der Waals surface area contributed by atoms with Gasteiger partial charge in [-0.05, 0) is 48.6 Å². The highest BCUT2D eigenvalue weighted by Gasteiger charge is 2.27. The number of hydrogen-bond acceptors (Lipinski definition) is 3. The Morgan fingerprint density at radius 1 is 1.36 bits per heavy atom. The molecule has 0 bridgehead atoms. The molecule has 0 aliphatic carbocycles. The second-order valence-corrected chi connectivity index (χ2v) is 5.66. The number of nitriles is 1. The molecule has 4 heteroatoms. The molecule has 1 aliphatic heterocycles. The van der Waals surface area contributed by atoms with Crippen molar-refractivity contribution in [2.24, 2.45) is 5.92 Å². The van der Waals surface area contributed by atoms with Gasteiger partial charge in [0, 0.05) is 31.0 Å². The predicted molar refractivity (Wildman–Crippen MR) is 83.1 cm³/mol. The summed E-state index contributed by atoms with van der Waals surface area (Å²) in [6, 6.07) is 13.0. The highest BCUT2D eigenvalue weighted by Crippen LogP contribution is 2.22. The summed E-state index contributed by atoms with van der Waals surface area (Å²) >= 11 is 0. The number of pyridine rings is 1. The largest absolute Gasteiger partial charge is 0.338 e. The number of hydrogen-bond donors (Lipinski definition) is 0. The van der Waals surface area contributed by atoms with E-state index in [-0.39, 0.29) is 5.91 Å². The van der Waals surface area contributed by atoms with E-state index in [2.05, 4.69) is 17.1 Å². The molecule has 0 N–H and O–H groups in total. The van der Waals surface area contributed by atoms with Crippen LogP contribution in [0.5, 0.6) is 0 Å². The van der Waals surface area contributed by atoms with Crippen LogP contribution in [0.25, 0.3) is 0 Å². The molecular weight excluding hydrogens is 274 g/mol. The van der Waals surface area contributed by atoms with E-state index in [0.717, 1.165) is 25.9 Å². The zero-order chi connectivity index (χ0) is 15.4. The van der Waals surface area contributed by atoms with Crippen LogP contribution in [0.15, 0.2) is 48.8 Å². The van der Waals surface area contributed by atoms with Crippen LogP contribution < -0.4 is 0 Å². The summed E-state index contributed by atoms with van der Waals surface area (Å²) in [5.74, 6) is 0.498. The maximum Gasteiger partial charge on any atom is 0.253 e. The van der Waals surface area contributed by atoms with Crippen molar-refractivity contribution in [1.82, 2.24) is 9.88 Å². The molecule has 1 fully saturated rings. The van der Waals surface area contributed by atoms with Gasteiger partial charge in [0.2, 0.25) is 0 Å².